The summed E-state index contributed by atoms with van der Waals surface area (Å²) in [5.74, 6) is 2.24. The maximum atomic E-state index is 5.66. The summed E-state index contributed by atoms with van der Waals surface area (Å²) in [5.41, 5.74) is 11.5. The van der Waals surface area contributed by atoms with E-state index in [0.717, 1.165) is 11.4 Å². The molecule has 3 aromatic carbocycles. The Bertz CT molecular complexity index is 1550. The number of rotatable bonds is 1. The molecule has 0 spiro atoms. The van der Waals surface area contributed by atoms with Gasteiger partial charge < -0.3 is 24.8 Å². The second kappa shape index (κ2) is 14.3. The van der Waals surface area contributed by atoms with E-state index in [1.54, 1.807) is 28.2 Å². The zero-order valence-corrected chi connectivity index (χ0v) is 32.8. The van der Waals surface area contributed by atoms with Crippen LogP contribution in [0.15, 0.2) is 108 Å². The monoisotopic (exact) mass is 734 g/mol. The molecule has 0 N–H and O–H groups in total. The molecular formula is C41H47Cl3Zr-2. The van der Waals surface area contributed by atoms with E-state index < -0.39 is 0 Å². The molecule has 0 bridgehead atoms. The molecule has 7 rings (SSSR count). The minimum Gasteiger partial charge on any atom is -1.00 e. The minimum atomic E-state index is 0. The molecule has 4 heteroatoms. The Morgan fingerprint density at radius 3 is 2.07 bits per heavy atom. The SMILES string of the molecule is C[C-]1C2=C3Cc4ccccc4C3=C3C=CCCC3C2(C)C(C)(C)C(C)(C)C1(C)C.Clc1ccc([CH]=[Zr+2])cc1.[Cl-].[Cl-].c1cc[cH-]c1. The number of allylic oxidation sites excluding steroid dienone is 6. The molecule has 0 heterocycles. The molecule has 0 amide bonds. The van der Waals surface area contributed by atoms with Crippen LogP contribution in [0.5, 0.6) is 0 Å². The summed E-state index contributed by atoms with van der Waals surface area (Å²) in [7, 11) is 0. The van der Waals surface area contributed by atoms with Gasteiger partial charge in [0.25, 0.3) is 0 Å². The number of halogens is 3. The first-order chi connectivity index (χ1) is 20.3. The minimum absolute atomic E-state index is 0. The van der Waals surface area contributed by atoms with Gasteiger partial charge in [-0.25, -0.2) is 18.1 Å². The van der Waals surface area contributed by atoms with Crippen LogP contribution in [-0.4, -0.2) is 3.71 Å². The molecule has 2 atom stereocenters. The summed E-state index contributed by atoms with van der Waals surface area (Å²) in [6, 6.07) is 27.0. The summed E-state index contributed by atoms with van der Waals surface area (Å²) in [6.07, 6.45) is 8.50. The predicted octanol–water partition coefficient (Wildman–Crippen LogP) is 5.42. The van der Waals surface area contributed by atoms with E-state index >= 15 is 0 Å². The van der Waals surface area contributed by atoms with E-state index in [1.807, 2.05) is 54.6 Å². The molecule has 0 aromatic heterocycles. The maximum Gasteiger partial charge on any atom is -0.172 e. The van der Waals surface area contributed by atoms with Crippen LogP contribution in [0.1, 0.15) is 84.9 Å². The van der Waals surface area contributed by atoms with Gasteiger partial charge in [0.05, 0.1) is 0 Å². The second-order valence-corrected chi connectivity index (χ2v) is 15.6. The normalized spacial score (nSPS) is 24.2. The first kappa shape index (κ1) is 38.0. The quantitative estimate of drug-likeness (QED) is 0.293. The van der Waals surface area contributed by atoms with Crippen molar-refractivity contribution in [3.63, 3.8) is 0 Å². The van der Waals surface area contributed by atoms with Gasteiger partial charge in [0, 0.05) is 0 Å². The van der Waals surface area contributed by atoms with Gasteiger partial charge in [-0.15, -0.1) is 6.92 Å². The molecule has 1 saturated carbocycles. The van der Waals surface area contributed by atoms with Gasteiger partial charge in [-0.3, -0.25) is 0 Å². The molecule has 4 aliphatic rings. The molecule has 1 fully saturated rings. The average Bonchev–Trinajstić information content (AvgIpc) is 3.69. The summed E-state index contributed by atoms with van der Waals surface area (Å²) < 4.78 is 2.13. The fraction of sp³-hybridized carbons (Fsp3) is 0.390. The van der Waals surface area contributed by atoms with Gasteiger partial charge in [-0.2, -0.15) is 29.3 Å². The third-order valence-electron chi connectivity index (χ3n) is 12.4. The molecule has 0 nitrogen and oxygen atoms in total. The van der Waals surface area contributed by atoms with Crippen LogP contribution in [0, 0.1) is 33.5 Å². The summed E-state index contributed by atoms with van der Waals surface area (Å²) in [4.78, 5) is 0. The van der Waals surface area contributed by atoms with Crippen LogP contribution in [-0.2, 0) is 30.7 Å². The van der Waals surface area contributed by atoms with Crippen molar-refractivity contribution in [3.8, 4) is 0 Å². The largest absolute Gasteiger partial charge is 1.00 e. The van der Waals surface area contributed by atoms with E-state index in [1.165, 1.54) is 53.8 Å². The molecule has 0 saturated heterocycles. The van der Waals surface area contributed by atoms with E-state index in [-0.39, 0.29) is 46.5 Å². The molecular weight excluding hydrogens is 690 g/mol. The van der Waals surface area contributed by atoms with Crippen molar-refractivity contribution in [1.29, 1.82) is 0 Å². The smallest absolute Gasteiger partial charge is 0.172 e. The standard InChI is InChI=1S/C29H37.C7H5Cl.C5H5.2ClH.Zr/c1-18-25-22-17-19-13-9-10-14-20(19)24(22)21-15-11-12-16-23(21)29(25,8)28(6,7)27(4,5)26(18,2)3;1-6-2-4-7(8)5-3-6;1-2-4-5-3-1;;;/h9-11,13-15,23H,12,16-17H2,1-8H3;1-5H;1-5H;2*1H;/q-1;;-1;;;+2/p-2. The molecule has 0 aliphatic heterocycles. The van der Waals surface area contributed by atoms with Gasteiger partial charge in [0.1, 0.15) is 0 Å². The van der Waals surface area contributed by atoms with E-state index in [4.69, 9.17) is 11.6 Å². The Kier molecular flexibility index (Phi) is 12.1. The van der Waals surface area contributed by atoms with E-state index in [9.17, 15) is 0 Å². The molecule has 4 aliphatic carbocycles. The number of hydrogen-bond acceptors (Lipinski definition) is 0. The third-order valence-corrected chi connectivity index (χ3v) is 13.5. The topological polar surface area (TPSA) is 0 Å². The zero-order valence-electron chi connectivity index (χ0n) is 28.1. The van der Waals surface area contributed by atoms with Crippen LogP contribution in [0.4, 0.5) is 0 Å². The summed E-state index contributed by atoms with van der Waals surface area (Å²) >= 11 is 7.08. The van der Waals surface area contributed by atoms with Crippen molar-refractivity contribution in [2.75, 3.05) is 0 Å². The van der Waals surface area contributed by atoms with Gasteiger partial charge in [-0.1, -0.05) is 113 Å². The maximum absolute atomic E-state index is 5.66. The van der Waals surface area contributed by atoms with Crippen LogP contribution in [0.25, 0.3) is 5.57 Å². The molecule has 3 aromatic rings. The van der Waals surface area contributed by atoms with Gasteiger partial charge in [-0.05, 0) is 40.6 Å². The van der Waals surface area contributed by atoms with Gasteiger partial charge in [0.2, 0.25) is 0 Å². The van der Waals surface area contributed by atoms with Crippen molar-refractivity contribution < 1.29 is 49.0 Å². The molecule has 45 heavy (non-hydrogen) atoms. The first-order valence-corrected chi connectivity index (χ1v) is 17.6. The molecule has 0 radical (unpaired) electrons. The Hall–Kier alpha value is -1.50. The fourth-order valence-electron chi connectivity index (χ4n) is 8.45. The Morgan fingerprint density at radius 2 is 1.49 bits per heavy atom. The first-order valence-electron chi connectivity index (χ1n) is 15.8. The Balaban J connectivity index is 0.000000286. The van der Waals surface area contributed by atoms with Gasteiger partial charge in [0.15, 0.2) is 0 Å². The van der Waals surface area contributed by atoms with Crippen LogP contribution in [0.3, 0.4) is 0 Å². The zero-order chi connectivity index (χ0) is 31.2. The molecule has 238 valence electrons. The van der Waals surface area contributed by atoms with Crippen molar-refractivity contribution in [2.45, 2.75) is 74.7 Å². The van der Waals surface area contributed by atoms with Crippen molar-refractivity contribution in [2.24, 2.45) is 27.6 Å². The fourth-order valence-corrected chi connectivity index (χ4v) is 9.05. The number of hydrogen-bond donors (Lipinski definition) is 0. The molecule has 2 unspecified atom stereocenters. The third kappa shape index (κ3) is 6.15. The van der Waals surface area contributed by atoms with Crippen LogP contribution >= 0.6 is 11.6 Å². The van der Waals surface area contributed by atoms with Gasteiger partial charge >= 0.3 is 74.4 Å². The Morgan fingerprint density at radius 1 is 0.867 bits per heavy atom. The van der Waals surface area contributed by atoms with Crippen molar-refractivity contribution >= 4 is 20.9 Å². The van der Waals surface area contributed by atoms with Crippen LogP contribution < -0.4 is 24.8 Å². The second-order valence-electron chi connectivity index (χ2n) is 14.4. The average molecular weight is 737 g/mol. The van der Waals surface area contributed by atoms with E-state index in [2.05, 4.69) is 95.5 Å². The van der Waals surface area contributed by atoms with E-state index in [0.29, 0.717) is 5.92 Å². The van der Waals surface area contributed by atoms with Crippen LogP contribution in [0.2, 0.25) is 5.02 Å². The summed E-state index contributed by atoms with van der Waals surface area (Å²) in [6.45, 7) is 20.3. The number of benzene rings is 2. The summed E-state index contributed by atoms with van der Waals surface area (Å²) in [5, 5.41) is 0.802. The Labute approximate surface area is 305 Å². The van der Waals surface area contributed by atoms with Crippen molar-refractivity contribution in [3.05, 3.63) is 135 Å². The predicted molar refractivity (Wildman–Crippen MR) is 183 cm³/mol. The number of fused-ring (bicyclic) bond motifs is 6. The van der Waals surface area contributed by atoms with Crippen molar-refractivity contribution in [1.82, 2.24) is 0 Å².